The number of fused-ring (bicyclic) bond motifs is 2. The number of hydrogen-bond acceptors (Lipinski definition) is 7. The molecule has 0 saturated carbocycles. The fraction of sp³-hybridized carbons (Fsp3) is 0.321. The summed E-state index contributed by atoms with van der Waals surface area (Å²) < 4.78 is 8.31. The maximum absolute atomic E-state index is 12.8. The first-order chi connectivity index (χ1) is 18.5. The van der Waals surface area contributed by atoms with Crippen molar-refractivity contribution in [2.75, 3.05) is 44.7 Å². The number of nitrogens with zero attached hydrogens (tertiary/aromatic N) is 4. The number of carbonyl (C=O) groups is 1. The average molecular weight is 530 g/mol. The molecule has 0 unspecified atom stereocenters. The van der Waals surface area contributed by atoms with Crippen LogP contribution in [0.3, 0.4) is 0 Å². The van der Waals surface area contributed by atoms with Crippen LogP contribution in [0.5, 0.6) is 0 Å². The number of benzene rings is 1. The number of morpholine rings is 1. The number of anilines is 2. The Morgan fingerprint density at radius 2 is 2.03 bits per heavy atom. The van der Waals surface area contributed by atoms with E-state index in [0.717, 1.165) is 82.6 Å². The molecule has 5 aromatic rings. The molecule has 0 radical (unpaired) electrons. The van der Waals surface area contributed by atoms with Crippen molar-refractivity contribution in [2.24, 2.45) is 7.05 Å². The summed E-state index contributed by atoms with van der Waals surface area (Å²) in [5.74, 6) is 0.253. The van der Waals surface area contributed by atoms with Gasteiger partial charge in [-0.25, -0.2) is 4.98 Å². The lowest BCUT2D eigenvalue weighted by molar-refractivity contribution is 0.0374. The third kappa shape index (κ3) is 5.02. The Bertz CT molecular complexity index is 1600. The number of imidazole rings is 1. The minimum absolute atomic E-state index is 0.155. The molecule has 6 rings (SSSR count). The molecule has 9 nitrogen and oxygen atoms in total. The zero-order valence-corrected chi connectivity index (χ0v) is 22.4. The normalized spacial score (nSPS) is 14.4. The van der Waals surface area contributed by atoms with Crippen molar-refractivity contribution in [3.8, 4) is 10.6 Å². The second kappa shape index (κ2) is 10.6. The van der Waals surface area contributed by atoms with Gasteiger partial charge in [0.25, 0.3) is 5.91 Å². The van der Waals surface area contributed by atoms with E-state index < -0.39 is 0 Å². The van der Waals surface area contributed by atoms with E-state index in [4.69, 9.17) is 4.74 Å². The molecule has 10 heteroatoms. The smallest absolute Gasteiger partial charge is 0.287 e. The molecule has 1 aliphatic rings. The fourth-order valence-corrected chi connectivity index (χ4v) is 6.06. The topological polar surface area (TPSA) is 100 Å². The van der Waals surface area contributed by atoms with Crippen LogP contribution in [0.25, 0.3) is 31.7 Å². The minimum atomic E-state index is -0.155. The maximum atomic E-state index is 12.8. The lowest BCUT2D eigenvalue weighted by Crippen LogP contribution is -2.38. The Morgan fingerprint density at radius 1 is 1.16 bits per heavy atom. The van der Waals surface area contributed by atoms with Crippen LogP contribution in [0.4, 0.5) is 11.4 Å². The van der Waals surface area contributed by atoms with Gasteiger partial charge in [0.1, 0.15) is 0 Å². The molecule has 0 bridgehead atoms. The molecular weight excluding hydrogens is 498 g/mol. The van der Waals surface area contributed by atoms with Gasteiger partial charge < -0.3 is 24.9 Å². The number of hydrogen-bond donors (Lipinski definition) is 3. The number of amides is 1. The Labute approximate surface area is 224 Å². The SMILES string of the molecule is Cc1cc2cc(Nc3ccnc4cc(-c5cnc(C(=O)NCCCN6CCOCC6)n5C)sc34)ccc2[nH]1. The van der Waals surface area contributed by atoms with Gasteiger partial charge in [0.15, 0.2) is 5.82 Å². The van der Waals surface area contributed by atoms with Gasteiger partial charge in [-0.3, -0.25) is 14.7 Å². The van der Waals surface area contributed by atoms with E-state index in [2.05, 4.69) is 67.7 Å². The number of aromatic amines is 1. The van der Waals surface area contributed by atoms with Crippen LogP contribution < -0.4 is 10.6 Å². The van der Waals surface area contributed by atoms with Crippen LogP contribution in [0, 0.1) is 6.92 Å². The Kier molecular flexibility index (Phi) is 6.84. The molecule has 4 aromatic heterocycles. The lowest BCUT2D eigenvalue weighted by atomic mass is 10.2. The highest BCUT2D eigenvalue weighted by Gasteiger charge is 2.18. The number of rotatable bonds is 8. The highest BCUT2D eigenvalue weighted by molar-refractivity contribution is 7.22. The van der Waals surface area contributed by atoms with Crippen LogP contribution >= 0.6 is 11.3 Å². The van der Waals surface area contributed by atoms with Crippen molar-refractivity contribution >= 4 is 49.7 Å². The summed E-state index contributed by atoms with van der Waals surface area (Å²) >= 11 is 1.64. The molecule has 0 aliphatic carbocycles. The Hall–Kier alpha value is -3.73. The van der Waals surface area contributed by atoms with Crippen LogP contribution in [0.1, 0.15) is 22.7 Å². The van der Waals surface area contributed by atoms with Crippen molar-refractivity contribution in [3.63, 3.8) is 0 Å². The molecule has 1 fully saturated rings. The van der Waals surface area contributed by atoms with E-state index in [1.807, 2.05) is 23.9 Å². The molecule has 1 aromatic carbocycles. The molecule has 0 spiro atoms. The summed E-state index contributed by atoms with van der Waals surface area (Å²) in [6.45, 7) is 7.13. The second-order valence-corrected chi connectivity index (χ2v) is 10.7. The summed E-state index contributed by atoms with van der Waals surface area (Å²) in [6, 6.07) is 12.5. The third-order valence-corrected chi connectivity index (χ3v) is 8.11. The third-order valence-electron chi connectivity index (χ3n) is 6.93. The molecule has 38 heavy (non-hydrogen) atoms. The first-order valence-electron chi connectivity index (χ1n) is 12.9. The Balaban J connectivity index is 1.16. The van der Waals surface area contributed by atoms with E-state index in [1.54, 1.807) is 17.5 Å². The number of aromatic nitrogens is 4. The highest BCUT2D eigenvalue weighted by Crippen LogP contribution is 2.38. The van der Waals surface area contributed by atoms with Gasteiger partial charge in [0.05, 0.1) is 45.9 Å². The van der Waals surface area contributed by atoms with Gasteiger partial charge in [0.2, 0.25) is 0 Å². The van der Waals surface area contributed by atoms with Crippen molar-refractivity contribution in [1.29, 1.82) is 0 Å². The number of aryl methyl sites for hydroxylation is 1. The highest BCUT2D eigenvalue weighted by atomic mass is 32.1. The Morgan fingerprint density at radius 3 is 2.89 bits per heavy atom. The number of H-pyrrole nitrogens is 1. The standard InChI is InChI=1S/C28H31N7O2S/c1-18-14-19-15-20(4-5-21(19)32-18)33-22-6-8-29-23-16-25(38-26(22)23)24-17-31-27(34(24)2)28(36)30-7-3-9-35-10-12-37-13-11-35/h4-6,8,14-17,32H,3,7,9-13H2,1-2H3,(H,29,33)(H,30,36). The summed E-state index contributed by atoms with van der Waals surface area (Å²) in [4.78, 5) is 28.6. The van der Waals surface area contributed by atoms with E-state index >= 15 is 0 Å². The van der Waals surface area contributed by atoms with E-state index in [0.29, 0.717) is 12.4 Å². The number of carbonyl (C=O) groups excluding carboxylic acids is 1. The number of thiophene rings is 1. The molecule has 196 valence electrons. The zero-order valence-electron chi connectivity index (χ0n) is 21.6. The fourth-order valence-electron chi connectivity index (χ4n) is 4.93. The number of pyridine rings is 1. The number of nitrogens with one attached hydrogen (secondary N) is 3. The van der Waals surface area contributed by atoms with Crippen LogP contribution in [0.2, 0.25) is 0 Å². The second-order valence-electron chi connectivity index (χ2n) is 9.65. The maximum Gasteiger partial charge on any atom is 0.287 e. The molecule has 3 N–H and O–H groups in total. The lowest BCUT2D eigenvalue weighted by Gasteiger charge is -2.26. The van der Waals surface area contributed by atoms with Gasteiger partial charge in [-0.2, -0.15) is 0 Å². The van der Waals surface area contributed by atoms with Gasteiger partial charge >= 0.3 is 0 Å². The van der Waals surface area contributed by atoms with Gasteiger partial charge in [-0.15, -0.1) is 11.3 Å². The summed E-state index contributed by atoms with van der Waals surface area (Å²) in [6.07, 6.45) is 4.49. The largest absolute Gasteiger partial charge is 0.379 e. The quantitative estimate of drug-likeness (QED) is 0.252. The first kappa shape index (κ1) is 24.6. The molecule has 5 heterocycles. The van der Waals surface area contributed by atoms with Crippen LogP contribution in [-0.2, 0) is 11.8 Å². The van der Waals surface area contributed by atoms with Crippen molar-refractivity contribution < 1.29 is 9.53 Å². The van der Waals surface area contributed by atoms with E-state index in [9.17, 15) is 4.79 Å². The summed E-state index contributed by atoms with van der Waals surface area (Å²) in [7, 11) is 1.88. The molecule has 1 amide bonds. The van der Waals surface area contributed by atoms with Crippen molar-refractivity contribution in [1.82, 2.24) is 29.7 Å². The molecular formula is C28H31N7O2S. The van der Waals surface area contributed by atoms with Gasteiger partial charge in [-0.1, -0.05) is 0 Å². The molecule has 1 aliphatic heterocycles. The molecule has 0 atom stereocenters. The monoisotopic (exact) mass is 529 g/mol. The van der Waals surface area contributed by atoms with E-state index in [-0.39, 0.29) is 5.91 Å². The first-order valence-corrected chi connectivity index (χ1v) is 13.7. The number of ether oxygens (including phenoxy) is 1. The summed E-state index contributed by atoms with van der Waals surface area (Å²) in [5, 5.41) is 7.76. The minimum Gasteiger partial charge on any atom is -0.379 e. The zero-order chi connectivity index (χ0) is 26.1. The van der Waals surface area contributed by atoms with E-state index in [1.165, 1.54) is 5.39 Å². The van der Waals surface area contributed by atoms with Crippen molar-refractivity contribution in [3.05, 3.63) is 60.3 Å². The van der Waals surface area contributed by atoms with Crippen LogP contribution in [-0.4, -0.2) is 69.7 Å². The summed E-state index contributed by atoms with van der Waals surface area (Å²) in [5.41, 5.74) is 6.08. The molecule has 1 saturated heterocycles. The average Bonchev–Trinajstić information content (AvgIpc) is 3.62. The van der Waals surface area contributed by atoms with Crippen LogP contribution in [0.15, 0.2) is 48.8 Å². The van der Waals surface area contributed by atoms with Crippen molar-refractivity contribution in [2.45, 2.75) is 13.3 Å². The predicted molar refractivity (Wildman–Crippen MR) is 152 cm³/mol. The van der Waals surface area contributed by atoms with Gasteiger partial charge in [-0.05, 0) is 56.3 Å². The predicted octanol–water partition coefficient (Wildman–Crippen LogP) is 4.68. The van der Waals surface area contributed by atoms with Gasteiger partial charge in [0, 0.05) is 55.2 Å².